The SMILES string of the molecule is CN1C(=O)C(C(=N)Cc2ccccc2)c2ccccc21. The van der Waals surface area contributed by atoms with E-state index < -0.39 is 5.92 Å². The van der Waals surface area contributed by atoms with Gasteiger partial charge in [-0.05, 0) is 17.2 Å². The van der Waals surface area contributed by atoms with E-state index in [1.807, 2.05) is 54.6 Å². The molecule has 3 rings (SSSR count). The van der Waals surface area contributed by atoms with Crippen molar-refractivity contribution >= 4 is 17.3 Å². The topological polar surface area (TPSA) is 44.2 Å². The predicted molar refractivity (Wildman–Crippen MR) is 80.5 cm³/mol. The molecule has 1 aliphatic heterocycles. The number of carbonyl (C=O) groups is 1. The number of nitrogens with one attached hydrogen (secondary N) is 1. The molecule has 0 fully saturated rings. The molecular weight excluding hydrogens is 248 g/mol. The Kier molecular flexibility index (Phi) is 3.11. The van der Waals surface area contributed by atoms with Crippen LogP contribution in [0.25, 0.3) is 0 Å². The van der Waals surface area contributed by atoms with Gasteiger partial charge in [-0.25, -0.2) is 0 Å². The van der Waals surface area contributed by atoms with Crippen LogP contribution in [0.3, 0.4) is 0 Å². The smallest absolute Gasteiger partial charge is 0.240 e. The van der Waals surface area contributed by atoms with Crippen LogP contribution in [0.5, 0.6) is 0 Å². The van der Waals surface area contributed by atoms with Crippen LogP contribution in [0.1, 0.15) is 17.0 Å². The number of anilines is 1. The lowest BCUT2D eigenvalue weighted by molar-refractivity contribution is -0.117. The van der Waals surface area contributed by atoms with Crippen molar-refractivity contribution in [2.45, 2.75) is 12.3 Å². The van der Waals surface area contributed by atoms with Gasteiger partial charge >= 0.3 is 0 Å². The number of carbonyl (C=O) groups excluding carboxylic acids is 1. The Balaban J connectivity index is 1.91. The van der Waals surface area contributed by atoms with Crippen LogP contribution in [0.15, 0.2) is 54.6 Å². The number of likely N-dealkylation sites (N-methyl/N-ethyl adjacent to an activating group) is 1. The first-order valence-corrected chi connectivity index (χ1v) is 6.66. The predicted octanol–water partition coefficient (Wildman–Crippen LogP) is 3.01. The summed E-state index contributed by atoms with van der Waals surface area (Å²) in [5.41, 5.74) is 3.39. The lowest BCUT2D eigenvalue weighted by Crippen LogP contribution is -2.28. The standard InChI is InChI=1S/C17H16N2O/c1-19-15-10-6-5-9-13(15)16(17(19)20)14(18)11-12-7-3-2-4-8-12/h2-10,16,18H,11H2,1H3. The Morgan fingerprint density at radius 3 is 2.50 bits per heavy atom. The summed E-state index contributed by atoms with van der Waals surface area (Å²) in [5.74, 6) is -0.441. The van der Waals surface area contributed by atoms with Gasteiger partial charge in [-0.3, -0.25) is 4.79 Å². The van der Waals surface area contributed by atoms with Gasteiger partial charge < -0.3 is 10.3 Å². The van der Waals surface area contributed by atoms with Crippen LogP contribution in [0.4, 0.5) is 5.69 Å². The van der Waals surface area contributed by atoms with Gasteiger partial charge in [0.2, 0.25) is 5.91 Å². The average Bonchev–Trinajstić information content (AvgIpc) is 2.72. The van der Waals surface area contributed by atoms with Gasteiger partial charge in [0.1, 0.15) is 5.92 Å². The fourth-order valence-electron chi connectivity index (χ4n) is 2.74. The summed E-state index contributed by atoms with van der Waals surface area (Å²) in [6.45, 7) is 0. The van der Waals surface area contributed by atoms with Crippen molar-refractivity contribution in [3.63, 3.8) is 0 Å². The molecule has 1 amide bonds. The van der Waals surface area contributed by atoms with E-state index in [0.29, 0.717) is 12.1 Å². The summed E-state index contributed by atoms with van der Waals surface area (Å²) < 4.78 is 0. The molecule has 0 spiro atoms. The van der Waals surface area contributed by atoms with E-state index in [1.54, 1.807) is 11.9 Å². The minimum Gasteiger partial charge on any atom is -0.314 e. The Labute approximate surface area is 118 Å². The van der Waals surface area contributed by atoms with Crippen molar-refractivity contribution in [3.8, 4) is 0 Å². The average molecular weight is 264 g/mol. The molecule has 100 valence electrons. The number of rotatable bonds is 3. The number of benzene rings is 2. The van der Waals surface area contributed by atoms with Crippen molar-refractivity contribution in [2.24, 2.45) is 0 Å². The number of fused-ring (bicyclic) bond motifs is 1. The van der Waals surface area contributed by atoms with Crippen molar-refractivity contribution < 1.29 is 4.79 Å². The van der Waals surface area contributed by atoms with Crippen molar-refractivity contribution in [1.82, 2.24) is 0 Å². The number of amides is 1. The largest absolute Gasteiger partial charge is 0.314 e. The van der Waals surface area contributed by atoms with Gasteiger partial charge in [0.05, 0.1) is 0 Å². The van der Waals surface area contributed by atoms with Gasteiger partial charge in [-0.15, -0.1) is 0 Å². The van der Waals surface area contributed by atoms with E-state index in [4.69, 9.17) is 5.41 Å². The molecule has 0 aliphatic carbocycles. The van der Waals surface area contributed by atoms with Gasteiger partial charge in [0, 0.05) is 24.9 Å². The molecule has 20 heavy (non-hydrogen) atoms. The van der Waals surface area contributed by atoms with Crippen molar-refractivity contribution in [2.75, 3.05) is 11.9 Å². The lowest BCUT2D eigenvalue weighted by Gasteiger charge is -2.12. The molecule has 1 atom stereocenters. The van der Waals surface area contributed by atoms with E-state index in [-0.39, 0.29) is 5.91 Å². The third-order valence-electron chi connectivity index (χ3n) is 3.77. The second-order valence-electron chi connectivity index (χ2n) is 5.08. The first-order valence-electron chi connectivity index (χ1n) is 6.66. The van der Waals surface area contributed by atoms with E-state index in [9.17, 15) is 4.79 Å². The van der Waals surface area contributed by atoms with Crippen LogP contribution in [0, 0.1) is 5.41 Å². The molecular formula is C17H16N2O. The number of para-hydroxylation sites is 1. The van der Waals surface area contributed by atoms with E-state index in [1.165, 1.54) is 0 Å². The Morgan fingerprint density at radius 1 is 1.10 bits per heavy atom. The monoisotopic (exact) mass is 264 g/mol. The first kappa shape index (κ1) is 12.6. The zero-order valence-corrected chi connectivity index (χ0v) is 11.3. The molecule has 3 heteroatoms. The summed E-state index contributed by atoms with van der Waals surface area (Å²) >= 11 is 0. The Bertz CT molecular complexity index is 664. The molecule has 3 nitrogen and oxygen atoms in total. The van der Waals surface area contributed by atoms with E-state index >= 15 is 0 Å². The summed E-state index contributed by atoms with van der Waals surface area (Å²) in [4.78, 5) is 14.0. The molecule has 0 aromatic heterocycles. The van der Waals surface area contributed by atoms with Gasteiger partial charge in [0.25, 0.3) is 0 Å². The lowest BCUT2D eigenvalue weighted by atomic mass is 9.91. The highest BCUT2D eigenvalue weighted by Crippen LogP contribution is 2.37. The van der Waals surface area contributed by atoms with E-state index in [0.717, 1.165) is 16.8 Å². The molecule has 1 aliphatic rings. The third-order valence-corrected chi connectivity index (χ3v) is 3.77. The molecule has 2 aromatic carbocycles. The molecule has 0 bridgehead atoms. The zero-order valence-electron chi connectivity index (χ0n) is 11.3. The second-order valence-corrected chi connectivity index (χ2v) is 5.08. The highest BCUT2D eigenvalue weighted by Gasteiger charge is 2.37. The normalized spacial score (nSPS) is 17.1. The van der Waals surface area contributed by atoms with Crippen LogP contribution in [-0.2, 0) is 11.2 Å². The third kappa shape index (κ3) is 2.01. The Hall–Kier alpha value is -2.42. The summed E-state index contributed by atoms with van der Waals surface area (Å²) in [6, 6.07) is 17.6. The molecule has 0 saturated carbocycles. The number of hydrogen-bond donors (Lipinski definition) is 1. The summed E-state index contributed by atoms with van der Waals surface area (Å²) in [5, 5.41) is 8.33. The summed E-state index contributed by atoms with van der Waals surface area (Å²) in [6.07, 6.45) is 0.513. The van der Waals surface area contributed by atoms with Gasteiger partial charge in [0.15, 0.2) is 0 Å². The molecule has 2 aromatic rings. The minimum atomic E-state index is -0.434. The van der Waals surface area contributed by atoms with Gasteiger partial charge in [-0.1, -0.05) is 48.5 Å². The fraction of sp³-hybridized carbons (Fsp3) is 0.176. The highest BCUT2D eigenvalue weighted by atomic mass is 16.2. The molecule has 0 saturated heterocycles. The minimum absolute atomic E-state index is 0.00729. The number of nitrogens with zero attached hydrogens (tertiary/aromatic N) is 1. The number of hydrogen-bond acceptors (Lipinski definition) is 2. The van der Waals surface area contributed by atoms with Crippen LogP contribution < -0.4 is 4.90 Å². The highest BCUT2D eigenvalue weighted by molar-refractivity contribution is 6.18. The van der Waals surface area contributed by atoms with Crippen LogP contribution in [-0.4, -0.2) is 18.7 Å². The van der Waals surface area contributed by atoms with Crippen molar-refractivity contribution in [3.05, 3.63) is 65.7 Å². The van der Waals surface area contributed by atoms with Gasteiger partial charge in [-0.2, -0.15) is 0 Å². The van der Waals surface area contributed by atoms with E-state index in [2.05, 4.69) is 0 Å². The fourth-order valence-corrected chi connectivity index (χ4v) is 2.74. The summed E-state index contributed by atoms with van der Waals surface area (Å²) in [7, 11) is 1.77. The maximum atomic E-state index is 12.4. The van der Waals surface area contributed by atoms with Crippen molar-refractivity contribution in [1.29, 1.82) is 5.41 Å². The molecule has 1 unspecified atom stereocenters. The first-order chi connectivity index (χ1) is 9.68. The quantitative estimate of drug-likeness (QED) is 0.851. The van der Waals surface area contributed by atoms with Crippen LogP contribution in [0.2, 0.25) is 0 Å². The molecule has 0 radical (unpaired) electrons. The molecule has 1 N–H and O–H groups in total. The molecule has 1 heterocycles. The zero-order chi connectivity index (χ0) is 14.1. The van der Waals surface area contributed by atoms with Crippen LogP contribution >= 0.6 is 0 Å². The maximum absolute atomic E-state index is 12.4. The Morgan fingerprint density at radius 2 is 1.75 bits per heavy atom. The second kappa shape index (κ2) is 4.93. The maximum Gasteiger partial charge on any atom is 0.240 e.